The Balaban J connectivity index is 2.88. The van der Waals surface area contributed by atoms with Gasteiger partial charge in [0.15, 0.2) is 6.10 Å². The van der Waals surface area contributed by atoms with E-state index in [2.05, 4.69) is 26.1 Å². The zero-order valence-electron chi connectivity index (χ0n) is 39.6. The third kappa shape index (κ3) is 30.0. The van der Waals surface area contributed by atoms with Crippen LogP contribution in [0.2, 0.25) is 0 Å². The fourth-order valence-electron chi connectivity index (χ4n) is 8.54. The highest BCUT2D eigenvalue weighted by molar-refractivity contribution is 5.77. The lowest BCUT2D eigenvalue weighted by Gasteiger charge is -2.44. The number of aliphatic hydroxyl groups excluding tert-OH is 3. The number of carboxylic acid groups (broad SMARTS) is 1. The molecule has 0 aromatic heterocycles. The number of carbonyl (C=O) groups excluding carboxylic acids is 3. The van der Waals surface area contributed by atoms with E-state index in [1.807, 2.05) is 0 Å². The summed E-state index contributed by atoms with van der Waals surface area (Å²) in [5, 5.41) is 44.3. The zero-order valence-corrected chi connectivity index (χ0v) is 39.6. The fourth-order valence-corrected chi connectivity index (χ4v) is 8.54. The summed E-state index contributed by atoms with van der Waals surface area (Å²) in [5.41, 5.74) is 0. The number of ether oxygens (including phenoxy) is 3. The molecule has 1 rings (SSSR count). The van der Waals surface area contributed by atoms with Gasteiger partial charge in [-0.15, -0.1) is 0 Å². The minimum absolute atomic E-state index is 0.257. The van der Waals surface area contributed by atoms with Crippen molar-refractivity contribution < 1.29 is 53.8 Å². The lowest BCUT2D eigenvalue weighted by Crippen LogP contribution is -2.65. The number of esters is 2. The first-order valence-electron chi connectivity index (χ1n) is 25.6. The first-order valence-corrected chi connectivity index (χ1v) is 25.6. The molecule has 12 heteroatoms. The van der Waals surface area contributed by atoms with Crippen LogP contribution in [0.4, 0.5) is 0 Å². The summed E-state index contributed by atoms with van der Waals surface area (Å²) in [6, 6.07) is -1.28. The Morgan fingerprint density at radius 3 is 1.47 bits per heavy atom. The number of hydrogen-bond acceptors (Lipinski definition) is 10. The highest BCUT2D eigenvalue weighted by Gasteiger charge is 2.48. The fraction of sp³-hybridized carbons (Fsp3) is 0.920. The highest BCUT2D eigenvalue weighted by atomic mass is 16.6. The Hall–Kier alpha value is -2.28. The van der Waals surface area contributed by atoms with E-state index in [0.717, 1.165) is 70.6 Å². The molecular weight excluding hydrogens is 791 g/mol. The molecule has 0 aromatic rings. The molecule has 0 bridgehead atoms. The lowest BCUT2D eigenvalue weighted by atomic mass is 9.90. The van der Waals surface area contributed by atoms with Crippen LogP contribution in [0.15, 0.2) is 0 Å². The first kappa shape index (κ1) is 57.7. The summed E-state index contributed by atoms with van der Waals surface area (Å²) in [5.74, 6) is -3.00. The normalized spacial score (nSPS) is 19.8. The van der Waals surface area contributed by atoms with Gasteiger partial charge in [-0.25, -0.2) is 0 Å². The van der Waals surface area contributed by atoms with E-state index in [4.69, 9.17) is 14.2 Å². The smallest absolute Gasteiger partial charge is 0.310 e. The average Bonchev–Trinajstić information content (AvgIpc) is 3.23. The van der Waals surface area contributed by atoms with Crippen LogP contribution in [0.5, 0.6) is 0 Å². The van der Waals surface area contributed by atoms with Crippen LogP contribution in [-0.4, -0.2) is 93.5 Å². The number of aliphatic carboxylic acids is 1. The summed E-state index contributed by atoms with van der Waals surface area (Å²) in [6.45, 7) is 5.95. The molecule has 12 nitrogen and oxygen atoms in total. The van der Waals surface area contributed by atoms with E-state index in [1.54, 1.807) is 0 Å². The van der Waals surface area contributed by atoms with Gasteiger partial charge in [-0.05, 0) is 25.7 Å². The maximum absolute atomic E-state index is 13.7. The van der Waals surface area contributed by atoms with E-state index in [0.29, 0.717) is 19.3 Å². The maximum Gasteiger partial charge on any atom is 0.310 e. The van der Waals surface area contributed by atoms with Crippen LogP contribution < -0.4 is 5.32 Å². The molecule has 0 aliphatic carbocycles. The Kier molecular flexibility index (Phi) is 36.4. The number of aliphatic hydroxyl groups is 3. The van der Waals surface area contributed by atoms with Gasteiger partial charge in [-0.2, -0.15) is 0 Å². The Morgan fingerprint density at radius 2 is 1.02 bits per heavy atom. The zero-order chi connectivity index (χ0) is 45.6. The molecule has 1 aliphatic rings. The molecule has 1 saturated heterocycles. The summed E-state index contributed by atoms with van der Waals surface area (Å²) in [4.78, 5) is 51.9. The van der Waals surface area contributed by atoms with Crippen molar-refractivity contribution in [2.75, 3.05) is 6.61 Å². The monoisotopic (exact) mass is 884 g/mol. The second-order valence-corrected chi connectivity index (χ2v) is 18.2. The minimum atomic E-state index is -1.59. The number of unbranched alkanes of at least 4 members (excludes halogenated alkanes) is 26. The Morgan fingerprint density at radius 1 is 0.581 bits per heavy atom. The molecule has 1 amide bonds. The predicted molar refractivity (Wildman–Crippen MR) is 246 cm³/mol. The molecule has 7 atom stereocenters. The first-order chi connectivity index (χ1) is 30.1. The standard InChI is InChI=1S/C50H93NO11/c1-4-7-10-13-16-19-20-23-26-29-32-35-46(57)60-41(34-31-28-25-22-18-15-12-9-6-3)37-47(58)62-50-48(42(38-45(55)56)61-43(39-52)49(50)59)51-44(54)36-40(53)33-30-27-24-21-17-14-11-8-5-2/h40-43,48-50,52-53,59H,4-39H2,1-3H3,(H,51,54)(H,55,56)/t40-,41-,42+,43-,48+,49-,50-/m1/s1. The van der Waals surface area contributed by atoms with Crippen LogP contribution in [-0.2, 0) is 33.4 Å². The van der Waals surface area contributed by atoms with Gasteiger partial charge in [-0.1, -0.05) is 194 Å². The number of amides is 1. The van der Waals surface area contributed by atoms with Crippen molar-refractivity contribution in [2.24, 2.45) is 0 Å². The third-order valence-corrected chi connectivity index (χ3v) is 12.3. The highest BCUT2D eigenvalue weighted by Crippen LogP contribution is 2.27. The van der Waals surface area contributed by atoms with E-state index in [-0.39, 0.29) is 25.2 Å². The molecule has 0 aromatic carbocycles. The lowest BCUT2D eigenvalue weighted by molar-refractivity contribution is -0.214. The second kappa shape index (κ2) is 39.1. The molecule has 0 unspecified atom stereocenters. The summed E-state index contributed by atoms with van der Waals surface area (Å²) in [7, 11) is 0. The molecule has 1 fully saturated rings. The summed E-state index contributed by atoms with van der Waals surface area (Å²) >= 11 is 0. The minimum Gasteiger partial charge on any atom is -0.481 e. The molecule has 0 saturated carbocycles. The molecule has 62 heavy (non-hydrogen) atoms. The number of carboxylic acids is 1. The number of hydrogen-bond donors (Lipinski definition) is 5. The van der Waals surface area contributed by atoms with Crippen molar-refractivity contribution in [3.8, 4) is 0 Å². The van der Waals surface area contributed by atoms with Crippen molar-refractivity contribution in [2.45, 2.75) is 288 Å². The van der Waals surface area contributed by atoms with Crippen molar-refractivity contribution in [1.82, 2.24) is 5.32 Å². The van der Waals surface area contributed by atoms with E-state index < -0.39 is 73.5 Å². The van der Waals surface area contributed by atoms with E-state index in [9.17, 15) is 39.6 Å². The van der Waals surface area contributed by atoms with Crippen LogP contribution in [0, 0.1) is 0 Å². The average molecular weight is 884 g/mol. The van der Waals surface area contributed by atoms with Gasteiger partial charge in [0.25, 0.3) is 0 Å². The molecule has 0 radical (unpaired) electrons. The molecule has 1 aliphatic heterocycles. The van der Waals surface area contributed by atoms with E-state index >= 15 is 0 Å². The van der Waals surface area contributed by atoms with Gasteiger partial charge in [0.2, 0.25) is 5.91 Å². The van der Waals surface area contributed by atoms with Crippen molar-refractivity contribution in [3.63, 3.8) is 0 Å². The third-order valence-electron chi connectivity index (χ3n) is 12.3. The molecule has 364 valence electrons. The van der Waals surface area contributed by atoms with Crippen molar-refractivity contribution in [1.29, 1.82) is 0 Å². The van der Waals surface area contributed by atoms with Gasteiger partial charge < -0.3 is 40.0 Å². The predicted octanol–water partition coefficient (Wildman–Crippen LogP) is 10.6. The quantitative estimate of drug-likeness (QED) is 0.0290. The summed E-state index contributed by atoms with van der Waals surface area (Å²) in [6.07, 6.45) is 25.6. The SMILES string of the molecule is CCCCCCCCCCCCCC(=O)O[C@H](CCCCCCCCCCC)CC(=O)O[C@H]1[C@H](O)[C@@H](CO)O[C@@H](CC(=O)O)[C@@H]1NC(=O)C[C@H](O)CCCCCCCCCCC. The number of carbonyl (C=O) groups is 4. The topological polar surface area (TPSA) is 189 Å². The van der Waals surface area contributed by atoms with Crippen LogP contribution >= 0.6 is 0 Å². The van der Waals surface area contributed by atoms with E-state index in [1.165, 1.54) is 109 Å². The van der Waals surface area contributed by atoms with Gasteiger partial charge in [0.05, 0.1) is 44.1 Å². The van der Waals surface area contributed by atoms with Crippen LogP contribution in [0.1, 0.15) is 245 Å². The van der Waals surface area contributed by atoms with Crippen LogP contribution in [0.3, 0.4) is 0 Å². The molecule has 1 heterocycles. The van der Waals surface area contributed by atoms with Crippen LogP contribution in [0.25, 0.3) is 0 Å². The largest absolute Gasteiger partial charge is 0.481 e. The number of nitrogens with one attached hydrogen (secondary N) is 1. The van der Waals surface area contributed by atoms with Crippen molar-refractivity contribution in [3.05, 3.63) is 0 Å². The Labute approximate surface area is 376 Å². The van der Waals surface area contributed by atoms with Gasteiger partial charge >= 0.3 is 17.9 Å². The second-order valence-electron chi connectivity index (χ2n) is 18.2. The Bertz CT molecular complexity index is 1120. The van der Waals surface area contributed by atoms with Crippen molar-refractivity contribution >= 4 is 23.8 Å². The van der Waals surface area contributed by atoms with Gasteiger partial charge in [0, 0.05) is 6.42 Å². The molecular formula is C50H93NO11. The van der Waals surface area contributed by atoms with Gasteiger partial charge in [-0.3, -0.25) is 19.2 Å². The molecule has 5 N–H and O–H groups in total. The maximum atomic E-state index is 13.7. The van der Waals surface area contributed by atoms with Gasteiger partial charge in [0.1, 0.15) is 18.3 Å². The summed E-state index contributed by atoms with van der Waals surface area (Å²) < 4.78 is 17.5. The molecule has 0 spiro atoms. The number of rotatable bonds is 42.